The Labute approximate surface area is 188 Å². The zero-order chi connectivity index (χ0) is 19.9. The zero-order valence-corrected chi connectivity index (χ0v) is 21.1. The fourth-order valence-electron chi connectivity index (χ4n) is 3.58. The van der Waals surface area contributed by atoms with Gasteiger partial charge in [-0.2, -0.15) is 0 Å². The van der Waals surface area contributed by atoms with Crippen molar-refractivity contribution >= 4 is 39.8 Å². The Balaban J connectivity index is 0.00000392. The zero-order valence-electron chi connectivity index (χ0n) is 17.9. The molecule has 1 N–H and O–H groups in total. The van der Waals surface area contributed by atoms with Gasteiger partial charge in [0.25, 0.3) is 0 Å². The molecule has 0 bridgehead atoms. The molecule has 28 heavy (non-hydrogen) atoms. The van der Waals surface area contributed by atoms with Gasteiger partial charge in [-0.05, 0) is 31.1 Å². The highest BCUT2D eigenvalue weighted by molar-refractivity contribution is 14.0. The summed E-state index contributed by atoms with van der Waals surface area (Å²) in [5, 5.41) is 3.42. The number of hydrogen-bond acceptors (Lipinski definition) is 5. The lowest BCUT2D eigenvalue weighted by Crippen LogP contribution is -2.42. The first-order chi connectivity index (χ1) is 12.7. The van der Waals surface area contributed by atoms with Gasteiger partial charge in [0, 0.05) is 52.1 Å². The maximum absolute atomic E-state index is 11.5. The molecular weight excluding hydrogens is 491 g/mol. The third-order valence-corrected chi connectivity index (χ3v) is 6.29. The molecule has 2 aliphatic heterocycles. The summed E-state index contributed by atoms with van der Waals surface area (Å²) in [5.41, 5.74) is -0.128. The summed E-state index contributed by atoms with van der Waals surface area (Å²) in [6.07, 6.45) is 3.13. The molecule has 166 valence electrons. The van der Waals surface area contributed by atoms with Crippen molar-refractivity contribution in [2.75, 3.05) is 71.0 Å². The van der Waals surface area contributed by atoms with Crippen molar-refractivity contribution in [2.24, 2.45) is 16.3 Å². The smallest absolute Gasteiger partial charge is 0.193 e. The van der Waals surface area contributed by atoms with E-state index in [0.717, 1.165) is 58.4 Å². The number of sulfone groups is 1. The summed E-state index contributed by atoms with van der Waals surface area (Å²) in [7, 11) is -2.93. The van der Waals surface area contributed by atoms with Crippen LogP contribution in [0.15, 0.2) is 4.99 Å². The average molecular weight is 531 g/mol. The summed E-state index contributed by atoms with van der Waals surface area (Å²) < 4.78 is 28.4. The molecule has 0 aromatic carbocycles. The fourth-order valence-corrected chi connectivity index (χ4v) is 4.50. The maximum atomic E-state index is 11.5. The van der Waals surface area contributed by atoms with Crippen LogP contribution in [0.3, 0.4) is 0 Å². The highest BCUT2D eigenvalue weighted by atomic mass is 127. The van der Waals surface area contributed by atoms with E-state index in [1.54, 1.807) is 0 Å². The summed E-state index contributed by atoms with van der Waals surface area (Å²) >= 11 is 0. The highest BCUT2D eigenvalue weighted by Crippen LogP contribution is 2.23. The van der Waals surface area contributed by atoms with Gasteiger partial charge in [0.1, 0.15) is 9.84 Å². The first kappa shape index (κ1) is 25.9. The van der Waals surface area contributed by atoms with Crippen molar-refractivity contribution in [3.8, 4) is 0 Å². The van der Waals surface area contributed by atoms with Crippen LogP contribution in [0, 0.1) is 11.3 Å². The van der Waals surface area contributed by atoms with E-state index in [4.69, 9.17) is 9.73 Å². The Hall–Kier alpha value is -0.130. The van der Waals surface area contributed by atoms with Crippen molar-refractivity contribution < 1.29 is 13.2 Å². The minimum atomic E-state index is -2.93. The second-order valence-electron chi connectivity index (χ2n) is 8.73. The van der Waals surface area contributed by atoms with E-state index in [1.165, 1.54) is 12.7 Å². The van der Waals surface area contributed by atoms with Crippen molar-refractivity contribution in [1.29, 1.82) is 0 Å². The first-order valence-electron chi connectivity index (χ1n) is 10.2. The summed E-state index contributed by atoms with van der Waals surface area (Å²) in [5.74, 6) is 1.86. The van der Waals surface area contributed by atoms with Crippen LogP contribution in [0.5, 0.6) is 0 Å². The van der Waals surface area contributed by atoms with E-state index in [0.29, 0.717) is 18.9 Å². The van der Waals surface area contributed by atoms with Crippen molar-refractivity contribution in [1.82, 2.24) is 15.1 Å². The largest absolute Gasteiger partial charge is 0.379 e. The number of hydrogen-bond donors (Lipinski definition) is 1. The van der Waals surface area contributed by atoms with Crippen LogP contribution in [0.25, 0.3) is 0 Å². The second kappa shape index (κ2) is 11.9. The average Bonchev–Trinajstić information content (AvgIpc) is 3.06. The predicted octanol–water partition coefficient (Wildman–Crippen LogP) is 1.68. The van der Waals surface area contributed by atoms with Gasteiger partial charge >= 0.3 is 0 Å². The predicted molar refractivity (Wildman–Crippen MR) is 126 cm³/mol. The number of nitrogens with zero attached hydrogens (tertiary/aromatic N) is 3. The normalized spacial score (nSPS) is 22.2. The van der Waals surface area contributed by atoms with Gasteiger partial charge in [-0.1, -0.05) is 13.8 Å². The Morgan fingerprint density at radius 3 is 2.54 bits per heavy atom. The van der Waals surface area contributed by atoms with Gasteiger partial charge in [0.2, 0.25) is 0 Å². The number of aliphatic imine (C=N–C) groups is 1. The van der Waals surface area contributed by atoms with Gasteiger partial charge in [-0.3, -0.25) is 9.89 Å². The molecule has 0 saturated carbocycles. The van der Waals surface area contributed by atoms with Crippen LogP contribution in [0.4, 0.5) is 0 Å². The van der Waals surface area contributed by atoms with Gasteiger partial charge < -0.3 is 15.0 Å². The third-order valence-electron chi connectivity index (χ3n) is 5.35. The molecule has 2 saturated heterocycles. The molecule has 2 fully saturated rings. The maximum Gasteiger partial charge on any atom is 0.193 e. The standard InChI is InChI=1S/C19H38N4O3S.HI/c1-5-20-18(21-16-19(2,3)7-13-27(4,24)25)23-8-6-17(15-23)14-22-9-11-26-12-10-22;/h17H,5-16H2,1-4H3,(H,20,21);1H. The minimum absolute atomic E-state index is 0. The van der Waals surface area contributed by atoms with Gasteiger partial charge in [-0.25, -0.2) is 8.42 Å². The van der Waals surface area contributed by atoms with E-state index >= 15 is 0 Å². The van der Waals surface area contributed by atoms with Gasteiger partial charge in [-0.15, -0.1) is 24.0 Å². The van der Waals surface area contributed by atoms with Crippen LogP contribution in [-0.2, 0) is 14.6 Å². The molecule has 1 atom stereocenters. The van der Waals surface area contributed by atoms with Crippen molar-refractivity contribution in [2.45, 2.75) is 33.6 Å². The number of ether oxygens (including phenoxy) is 1. The Morgan fingerprint density at radius 2 is 1.93 bits per heavy atom. The molecule has 0 aliphatic carbocycles. The number of likely N-dealkylation sites (tertiary alicyclic amines) is 1. The first-order valence-corrected chi connectivity index (χ1v) is 12.3. The number of morpholine rings is 1. The second-order valence-corrected chi connectivity index (χ2v) is 11.0. The van der Waals surface area contributed by atoms with E-state index in [-0.39, 0.29) is 35.1 Å². The van der Waals surface area contributed by atoms with Crippen LogP contribution < -0.4 is 5.32 Å². The van der Waals surface area contributed by atoms with Gasteiger partial charge in [0.15, 0.2) is 5.96 Å². The van der Waals surface area contributed by atoms with Crippen LogP contribution in [0.1, 0.15) is 33.6 Å². The lowest BCUT2D eigenvalue weighted by molar-refractivity contribution is 0.0315. The summed E-state index contributed by atoms with van der Waals surface area (Å²) in [4.78, 5) is 9.72. The third kappa shape index (κ3) is 9.58. The number of rotatable bonds is 8. The summed E-state index contributed by atoms with van der Waals surface area (Å²) in [6.45, 7) is 14.7. The monoisotopic (exact) mass is 530 g/mol. The fraction of sp³-hybridized carbons (Fsp3) is 0.947. The number of halogens is 1. The molecule has 0 aromatic rings. The lowest BCUT2D eigenvalue weighted by atomic mass is 9.90. The Bertz CT molecular complexity index is 592. The summed E-state index contributed by atoms with van der Waals surface area (Å²) in [6, 6.07) is 0. The minimum Gasteiger partial charge on any atom is -0.379 e. The molecule has 2 aliphatic rings. The van der Waals surface area contributed by atoms with E-state index in [2.05, 4.69) is 35.9 Å². The van der Waals surface area contributed by atoms with Crippen molar-refractivity contribution in [3.63, 3.8) is 0 Å². The number of guanidine groups is 1. The molecule has 2 rings (SSSR count). The quantitative estimate of drug-likeness (QED) is 0.293. The molecular formula is C19H39IN4O3S. The molecule has 0 radical (unpaired) electrons. The molecule has 9 heteroatoms. The Kier molecular flexibility index (Phi) is 11.0. The molecule has 1 unspecified atom stereocenters. The molecule has 0 aromatic heterocycles. The lowest BCUT2D eigenvalue weighted by Gasteiger charge is -2.29. The number of nitrogens with one attached hydrogen (secondary N) is 1. The van der Waals surface area contributed by atoms with Crippen LogP contribution in [0.2, 0.25) is 0 Å². The van der Waals surface area contributed by atoms with E-state index < -0.39 is 9.84 Å². The molecule has 7 nitrogen and oxygen atoms in total. The van der Waals surface area contributed by atoms with E-state index in [9.17, 15) is 8.42 Å². The highest BCUT2D eigenvalue weighted by Gasteiger charge is 2.28. The molecule has 2 heterocycles. The van der Waals surface area contributed by atoms with Crippen LogP contribution in [-0.4, -0.2) is 95.2 Å². The Morgan fingerprint density at radius 1 is 1.25 bits per heavy atom. The molecule has 0 spiro atoms. The van der Waals surface area contributed by atoms with E-state index in [1.807, 2.05) is 0 Å². The van der Waals surface area contributed by atoms with Gasteiger partial charge in [0.05, 0.1) is 19.0 Å². The van der Waals surface area contributed by atoms with Crippen LogP contribution >= 0.6 is 24.0 Å². The topological polar surface area (TPSA) is 74.2 Å². The SMILES string of the molecule is CCNC(=NCC(C)(C)CCS(C)(=O)=O)N1CCC(CN2CCOCC2)C1.I. The van der Waals surface area contributed by atoms with Crippen molar-refractivity contribution in [3.05, 3.63) is 0 Å². The molecule has 0 amide bonds.